The lowest BCUT2D eigenvalue weighted by Crippen LogP contribution is -2.15. The standard InChI is InChI=1S/C23H23Cl2N5OS/c1-13-22(25)21(19(24)11-26-13)14(2)31-17-3-4-20-18(9-17)23(29-28-20)15-10-27-30(12-15)16-5-7-32-8-6-16/h3-4,9-12,14,16H,5-8H2,1-2H3,(H,28,29)/t14-/m1/s1. The molecule has 9 heteroatoms. The van der Waals surface area contributed by atoms with E-state index < -0.39 is 0 Å². The summed E-state index contributed by atoms with van der Waals surface area (Å²) in [6.07, 6.45) is 7.58. The lowest BCUT2D eigenvalue weighted by Gasteiger charge is -2.21. The molecule has 5 rings (SSSR count). The van der Waals surface area contributed by atoms with Gasteiger partial charge in [0.2, 0.25) is 0 Å². The molecule has 1 saturated heterocycles. The van der Waals surface area contributed by atoms with Crippen LogP contribution in [0.5, 0.6) is 5.75 Å². The first-order chi connectivity index (χ1) is 15.5. The molecule has 1 aromatic carbocycles. The Labute approximate surface area is 200 Å². The lowest BCUT2D eigenvalue weighted by atomic mass is 10.1. The van der Waals surface area contributed by atoms with Crippen molar-refractivity contribution in [2.24, 2.45) is 0 Å². The first-order valence-corrected chi connectivity index (χ1v) is 12.5. The number of nitrogens with one attached hydrogen (secondary N) is 1. The molecule has 0 saturated carbocycles. The zero-order valence-corrected chi connectivity index (χ0v) is 20.1. The van der Waals surface area contributed by atoms with Gasteiger partial charge in [0.1, 0.15) is 17.5 Å². The monoisotopic (exact) mass is 487 g/mol. The van der Waals surface area contributed by atoms with Gasteiger partial charge in [0.15, 0.2) is 0 Å². The maximum Gasteiger partial charge on any atom is 0.124 e. The number of thioether (sulfide) groups is 1. The fourth-order valence-electron chi connectivity index (χ4n) is 4.11. The van der Waals surface area contributed by atoms with Gasteiger partial charge < -0.3 is 4.74 Å². The Morgan fingerprint density at radius 1 is 1.22 bits per heavy atom. The van der Waals surface area contributed by atoms with Crippen molar-refractivity contribution in [2.75, 3.05) is 11.5 Å². The molecule has 0 amide bonds. The molecule has 0 radical (unpaired) electrons. The summed E-state index contributed by atoms with van der Waals surface area (Å²) in [7, 11) is 0. The fourth-order valence-corrected chi connectivity index (χ4v) is 5.84. The van der Waals surface area contributed by atoms with E-state index in [9.17, 15) is 0 Å². The molecule has 1 fully saturated rings. The quantitative estimate of drug-likeness (QED) is 0.341. The van der Waals surface area contributed by atoms with Crippen LogP contribution in [0, 0.1) is 6.92 Å². The number of hydrogen-bond donors (Lipinski definition) is 1. The second-order valence-corrected chi connectivity index (χ2v) is 10.0. The highest BCUT2D eigenvalue weighted by Crippen LogP contribution is 2.36. The van der Waals surface area contributed by atoms with Gasteiger partial charge in [-0.25, -0.2) is 0 Å². The predicted octanol–water partition coefficient (Wildman–Crippen LogP) is 6.64. The third kappa shape index (κ3) is 4.09. The van der Waals surface area contributed by atoms with Crippen LogP contribution in [0.1, 0.15) is 43.2 Å². The molecule has 1 aliphatic rings. The van der Waals surface area contributed by atoms with Crippen molar-refractivity contribution < 1.29 is 4.74 Å². The van der Waals surface area contributed by atoms with Crippen molar-refractivity contribution >= 4 is 45.9 Å². The molecule has 6 nitrogen and oxygen atoms in total. The lowest BCUT2D eigenvalue weighted by molar-refractivity contribution is 0.227. The minimum atomic E-state index is -0.337. The molecule has 166 valence electrons. The zero-order chi connectivity index (χ0) is 22.2. The number of rotatable bonds is 5. The molecule has 32 heavy (non-hydrogen) atoms. The molecule has 4 aromatic rings. The maximum atomic E-state index is 6.46. The first-order valence-electron chi connectivity index (χ1n) is 10.6. The molecule has 1 aliphatic heterocycles. The van der Waals surface area contributed by atoms with Crippen molar-refractivity contribution in [2.45, 2.75) is 38.8 Å². The summed E-state index contributed by atoms with van der Waals surface area (Å²) in [4.78, 5) is 4.20. The van der Waals surface area contributed by atoms with Crippen molar-refractivity contribution in [3.05, 3.63) is 58.1 Å². The molecular weight excluding hydrogens is 465 g/mol. The highest BCUT2D eigenvalue weighted by molar-refractivity contribution is 7.99. The SMILES string of the molecule is Cc1ncc(Cl)c([C@@H](C)Oc2ccc3[nH]nc(-c4cnn(C5CCSCC5)c4)c3c2)c1Cl. The molecule has 1 N–H and O–H groups in total. The van der Waals surface area contributed by atoms with Crippen LogP contribution in [0.2, 0.25) is 10.0 Å². The summed E-state index contributed by atoms with van der Waals surface area (Å²) in [5, 5.41) is 14.3. The number of halogens is 2. The van der Waals surface area contributed by atoms with E-state index in [-0.39, 0.29) is 6.10 Å². The van der Waals surface area contributed by atoms with Gasteiger partial charge in [-0.2, -0.15) is 22.0 Å². The Balaban J connectivity index is 1.43. The number of aromatic nitrogens is 5. The molecule has 4 heterocycles. The third-order valence-electron chi connectivity index (χ3n) is 5.88. The summed E-state index contributed by atoms with van der Waals surface area (Å²) in [5.41, 5.74) is 4.27. The Kier molecular flexibility index (Phi) is 6.05. The number of aromatic amines is 1. The molecular formula is C23H23Cl2N5OS. The van der Waals surface area contributed by atoms with Gasteiger partial charge in [-0.15, -0.1) is 0 Å². The van der Waals surface area contributed by atoms with Gasteiger partial charge in [-0.1, -0.05) is 23.2 Å². The highest BCUT2D eigenvalue weighted by Gasteiger charge is 2.20. The van der Waals surface area contributed by atoms with Gasteiger partial charge in [0.05, 0.1) is 33.5 Å². The molecule has 3 aromatic heterocycles. The second kappa shape index (κ2) is 8.96. The van der Waals surface area contributed by atoms with Gasteiger partial charge in [-0.3, -0.25) is 14.8 Å². The highest BCUT2D eigenvalue weighted by atomic mass is 35.5. The Morgan fingerprint density at radius 2 is 2.03 bits per heavy atom. The summed E-state index contributed by atoms with van der Waals surface area (Å²) in [5.74, 6) is 3.09. The van der Waals surface area contributed by atoms with E-state index in [0.29, 0.717) is 21.8 Å². The average molecular weight is 488 g/mol. The summed E-state index contributed by atoms with van der Waals surface area (Å²) >= 11 is 14.8. The number of nitrogens with zero attached hydrogens (tertiary/aromatic N) is 4. The van der Waals surface area contributed by atoms with Crippen LogP contribution in [0.3, 0.4) is 0 Å². The smallest absolute Gasteiger partial charge is 0.124 e. The summed E-state index contributed by atoms with van der Waals surface area (Å²) in [6.45, 7) is 3.78. The van der Waals surface area contributed by atoms with E-state index in [0.717, 1.165) is 46.3 Å². The third-order valence-corrected chi connectivity index (χ3v) is 7.70. The Morgan fingerprint density at radius 3 is 2.84 bits per heavy atom. The number of ether oxygens (including phenoxy) is 1. The minimum Gasteiger partial charge on any atom is -0.486 e. The van der Waals surface area contributed by atoms with E-state index in [1.54, 1.807) is 6.20 Å². The van der Waals surface area contributed by atoms with Crippen molar-refractivity contribution in [1.29, 1.82) is 0 Å². The summed E-state index contributed by atoms with van der Waals surface area (Å²) in [6, 6.07) is 6.35. The van der Waals surface area contributed by atoms with E-state index in [1.165, 1.54) is 11.5 Å². The van der Waals surface area contributed by atoms with E-state index in [4.69, 9.17) is 27.9 Å². The van der Waals surface area contributed by atoms with E-state index in [1.807, 2.05) is 50.0 Å². The minimum absolute atomic E-state index is 0.337. The number of pyridine rings is 1. The molecule has 0 unspecified atom stereocenters. The Bertz CT molecular complexity index is 1260. The van der Waals surface area contributed by atoms with Crippen molar-refractivity contribution in [1.82, 2.24) is 25.0 Å². The fraction of sp³-hybridized carbons (Fsp3) is 0.348. The number of benzene rings is 1. The van der Waals surface area contributed by atoms with Gasteiger partial charge in [0, 0.05) is 28.9 Å². The van der Waals surface area contributed by atoms with Crippen molar-refractivity contribution in [3.8, 4) is 17.0 Å². The number of H-pyrrole nitrogens is 1. The number of aryl methyl sites for hydroxylation is 1. The Hall–Kier alpha value is -2.22. The normalized spacial score (nSPS) is 15.9. The number of hydrogen-bond acceptors (Lipinski definition) is 5. The van der Waals surface area contributed by atoms with Crippen LogP contribution in [0.15, 0.2) is 36.8 Å². The van der Waals surface area contributed by atoms with E-state index in [2.05, 4.69) is 31.2 Å². The average Bonchev–Trinajstić information content (AvgIpc) is 3.44. The van der Waals surface area contributed by atoms with Crippen LogP contribution >= 0.6 is 35.0 Å². The number of fused-ring (bicyclic) bond motifs is 1. The molecule has 1 atom stereocenters. The molecule has 0 bridgehead atoms. The van der Waals surface area contributed by atoms with Crippen LogP contribution < -0.4 is 4.74 Å². The van der Waals surface area contributed by atoms with Crippen LogP contribution in [-0.2, 0) is 0 Å². The largest absolute Gasteiger partial charge is 0.486 e. The van der Waals surface area contributed by atoms with Gasteiger partial charge in [0.25, 0.3) is 0 Å². The molecule has 0 spiro atoms. The van der Waals surface area contributed by atoms with Gasteiger partial charge >= 0.3 is 0 Å². The topological polar surface area (TPSA) is 68.6 Å². The van der Waals surface area contributed by atoms with Gasteiger partial charge in [-0.05, 0) is 56.4 Å². The molecule has 0 aliphatic carbocycles. The van der Waals surface area contributed by atoms with E-state index >= 15 is 0 Å². The predicted molar refractivity (Wildman–Crippen MR) is 131 cm³/mol. The maximum absolute atomic E-state index is 6.46. The first kappa shape index (κ1) is 21.6. The zero-order valence-electron chi connectivity index (χ0n) is 17.8. The second-order valence-electron chi connectivity index (χ2n) is 8.01. The van der Waals surface area contributed by atoms with Crippen LogP contribution in [0.4, 0.5) is 0 Å². The van der Waals surface area contributed by atoms with Crippen LogP contribution in [0.25, 0.3) is 22.2 Å². The van der Waals surface area contributed by atoms with Crippen LogP contribution in [-0.4, -0.2) is 36.5 Å². The van der Waals surface area contributed by atoms with Crippen molar-refractivity contribution in [3.63, 3.8) is 0 Å². The summed E-state index contributed by atoms with van der Waals surface area (Å²) < 4.78 is 8.32.